The first-order chi connectivity index (χ1) is 8.29. The van der Waals surface area contributed by atoms with Crippen molar-refractivity contribution in [3.63, 3.8) is 0 Å². The third-order valence-corrected chi connectivity index (χ3v) is 3.04. The average Bonchev–Trinajstić information content (AvgIpc) is 2.83. The lowest BCUT2D eigenvalue weighted by Gasteiger charge is -2.23. The van der Waals surface area contributed by atoms with Gasteiger partial charge in [0, 0.05) is 44.7 Å². The summed E-state index contributed by atoms with van der Waals surface area (Å²) in [5.74, 6) is 0.934. The first-order valence-corrected chi connectivity index (χ1v) is 6.32. The molecule has 1 aliphatic heterocycles. The summed E-state index contributed by atoms with van der Waals surface area (Å²) in [6.45, 7) is 4.84. The van der Waals surface area contributed by atoms with Gasteiger partial charge in [-0.25, -0.2) is 4.98 Å². The van der Waals surface area contributed by atoms with Crippen LogP contribution in [0.1, 0.15) is 19.8 Å². The highest BCUT2D eigenvalue weighted by Crippen LogP contribution is 2.19. The fourth-order valence-corrected chi connectivity index (χ4v) is 2.13. The Morgan fingerprint density at radius 1 is 1.59 bits per heavy atom. The Morgan fingerprint density at radius 2 is 2.47 bits per heavy atom. The number of likely N-dealkylation sites (N-methyl/N-ethyl adjacent to an activating group) is 1. The van der Waals surface area contributed by atoms with E-state index in [-0.39, 0.29) is 0 Å². The van der Waals surface area contributed by atoms with Crippen LogP contribution >= 0.6 is 0 Å². The molecular formula is C13H21N3O. The van der Waals surface area contributed by atoms with Crippen molar-refractivity contribution >= 4 is 11.5 Å². The van der Waals surface area contributed by atoms with Gasteiger partial charge in [-0.15, -0.1) is 0 Å². The van der Waals surface area contributed by atoms with Gasteiger partial charge in [0.1, 0.15) is 5.82 Å². The maximum Gasteiger partial charge on any atom is 0.127 e. The van der Waals surface area contributed by atoms with Crippen LogP contribution in [0.3, 0.4) is 0 Å². The van der Waals surface area contributed by atoms with Gasteiger partial charge in [-0.1, -0.05) is 0 Å². The number of hydrogen-bond donors (Lipinski definition) is 1. The number of hydrogen-bond acceptors (Lipinski definition) is 4. The molecular weight excluding hydrogens is 214 g/mol. The van der Waals surface area contributed by atoms with Crippen LogP contribution in [0.15, 0.2) is 18.3 Å². The molecule has 4 nitrogen and oxygen atoms in total. The van der Waals surface area contributed by atoms with Gasteiger partial charge in [0.15, 0.2) is 0 Å². The third kappa shape index (κ3) is 3.33. The minimum Gasteiger partial charge on any atom is -0.376 e. The minimum absolute atomic E-state index is 0.385. The van der Waals surface area contributed by atoms with E-state index in [1.807, 2.05) is 12.3 Å². The van der Waals surface area contributed by atoms with E-state index in [0.717, 1.165) is 25.5 Å². The molecule has 0 radical (unpaired) electrons. The van der Waals surface area contributed by atoms with Crippen LogP contribution in [0.4, 0.5) is 11.5 Å². The Kier molecular flexibility index (Phi) is 4.20. The number of anilines is 2. The van der Waals surface area contributed by atoms with E-state index in [1.54, 1.807) is 0 Å². The van der Waals surface area contributed by atoms with Gasteiger partial charge < -0.3 is 15.0 Å². The zero-order valence-electron chi connectivity index (χ0n) is 10.6. The van der Waals surface area contributed by atoms with E-state index in [9.17, 15) is 0 Å². The summed E-state index contributed by atoms with van der Waals surface area (Å²) in [4.78, 5) is 6.51. The van der Waals surface area contributed by atoms with Crippen molar-refractivity contribution in [3.05, 3.63) is 18.3 Å². The first-order valence-electron chi connectivity index (χ1n) is 6.32. The SMILES string of the molecule is CCNc1cc(N(C)CC2CCCO2)ccn1. The molecule has 94 valence electrons. The Hall–Kier alpha value is -1.29. The van der Waals surface area contributed by atoms with Crippen molar-refractivity contribution in [2.75, 3.05) is 37.0 Å². The van der Waals surface area contributed by atoms with Crippen molar-refractivity contribution in [1.29, 1.82) is 0 Å². The Labute approximate surface area is 103 Å². The van der Waals surface area contributed by atoms with Crippen molar-refractivity contribution in [2.24, 2.45) is 0 Å². The van der Waals surface area contributed by atoms with E-state index in [0.29, 0.717) is 6.10 Å². The molecule has 0 spiro atoms. The number of nitrogens with zero attached hydrogens (tertiary/aromatic N) is 2. The molecule has 0 amide bonds. The topological polar surface area (TPSA) is 37.4 Å². The van der Waals surface area contributed by atoms with Crippen LogP contribution < -0.4 is 10.2 Å². The van der Waals surface area contributed by atoms with Crippen LogP contribution in [-0.2, 0) is 4.74 Å². The molecule has 1 fully saturated rings. The van der Waals surface area contributed by atoms with Gasteiger partial charge in [-0.2, -0.15) is 0 Å². The molecule has 1 saturated heterocycles. The molecule has 2 heterocycles. The van der Waals surface area contributed by atoms with E-state index in [1.165, 1.54) is 18.5 Å². The number of rotatable bonds is 5. The maximum atomic E-state index is 5.65. The molecule has 0 aliphatic carbocycles. The highest BCUT2D eigenvalue weighted by Gasteiger charge is 2.17. The van der Waals surface area contributed by atoms with Crippen LogP contribution in [0.2, 0.25) is 0 Å². The maximum absolute atomic E-state index is 5.65. The van der Waals surface area contributed by atoms with Crippen LogP contribution in [-0.4, -0.2) is 37.8 Å². The Balaban J connectivity index is 1.97. The standard InChI is InChI=1S/C13H21N3O/c1-3-14-13-9-11(6-7-15-13)16(2)10-12-5-4-8-17-12/h6-7,9,12H,3-5,8,10H2,1-2H3,(H,14,15). The molecule has 1 atom stereocenters. The highest BCUT2D eigenvalue weighted by atomic mass is 16.5. The number of ether oxygens (including phenoxy) is 1. The van der Waals surface area contributed by atoms with Gasteiger partial charge >= 0.3 is 0 Å². The minimum atomic E-state index is 0.385. The smallest absolute Gasteiger partial charge is 0.127 e. The van der Waals surface area contributed by atoms with Crippen molar-refractivity contribution in [1.82, 2.24) is 4.98 Å². The fourth-order valence-electron chi connectivity index (χ4n) is 2.13. The summed E-state index contributed by atoms with van der Waals surface area (Å²) in [5.41, 5.74) is 1.19. The predicted molar refractivity (Wildman–Crippen MR) is 70.6 cm³/mol. The summed E-state index contributed by atoms with van der Waals surface area (Å²) in [6, 6.07) is 4.12. The van der Waals surface area contributed by atoms with Crippen LogP contribution in [0, 0.1) is 0 Å². The van der Waals surface area contributed by atoms with E-state index < -0.39 is 0 Å². The van der Waals surface area contributed by atoms with Gasteiger partial charge in [0.25, 0.3) is 0 Å². The van der Waals surface area contributed by atoms with Gasteiger partial charge in [-0.05, 0) is 25.8 Å². The normalized spacial score (nSPS) is 19.3. The second-order valence-corrected chi connectivity index (χ2v) is 4.45. The molecule has 1 aliphatic rings. The lowest BCUT2D eigenvalue weighted by molar-refractivity contribution is 0.116. The average molecular weight is 235 g/mol. The molecule has 2 rings (SSSR count). The van der Waals surface area contributed by atoms with Gasteiger partial charge in [-0.3, -0.25) is 0 Å². The van der Waals surface area contributed by atoms with Crippen molar-refractivity contribution in [2.45, 2.75) is 25.9 Å². The molecule has 1 unspecified atom stereocenters. The lowest BCUT2D eigenvalue weighted by Crippen LogP contribution is -2.28. The molecule has 0 aromatic carbocycles. The summed E-state index contributed by atoms with van der Waals surface area (Å²) < 4.78 is 5.65. The second kappa shape index (κ2) is 5.87. The van der Waals surface area contributed by atoms with Crippen LogP contribution in [0.25, 0.3) is 0 Å². The molecule has 1 N–H and O–H groups in total. The fraction of sp³-hybridized carbons (Fsp3) is 0.615. The quantitative estimate of drug-likeness (QED) is 0.848. The second-order valence-electron chi connectivity index (χ2n) is 4.45. The van der Waals surface area contributed by atoms with Crippen LogP contribution in [0.5, 0.6) is 0 Å². The molecule has 17 heavy (non-hydrogen) atoms. The zero-order chi connectivity index (χ0) is 12.1. The molecule has 0 saturated carbocycles. The molecule has 1 aromatic heterocycles. The Morgan fingerprint density at radius 3 is 3.18 bits per heavy atom. The van der Waals surface area contributed by atoms with Crippen molar-refractivity contribution < 1.29 is 4.74 Å². The lowest BCUT2D eigenvalue weighted by atomic mass is 10.2. The molecule has 1 aromatic rings. The highest BCUT2D eigenvalue weighted by molar-refractivity contribution is 5.53. The summed E-state index contributed by atoms with van der Waals surface area (Å²) in [6.07, 6.45) is 4.60. The monoisotopic (exact) mass is 235 g/mol. The third-order valence-electron chi connectivity index (χ3n) is 3.04. The molecule has 4 heteroatoms. The number of pyridine rings is 1. The predicted octanol–water partition coefficient (Wildman–Crippen LogP) is 2.13. The first kappa shape index (κ1) is 12.2. The largest absolute Gasteiger partial charge is 0.376 e. The number of aromatic nitrogens is 1. The van der Waals surface area contributed by atoms with E-state index in [4.69, 9.17) is 4.74 Å². The summed E-state index contributed by atoms with van der Waals surface area (Å²) in [7, 11) is 2.10. The number of nitrogens with one attached hydrogen (secondary N) is 1. The van der Waals surface area contributed by atoms with Crippen molar-refractivity contribution in [3.8, 4) is 0 Å². The summed E-state index contributed by atoms with van der Waals surface area (Å²) in [5, 5.41) is 3.23. The van der Waals surface area contributed by atoms with E-state index >= 15 is 0 Å². The van der Waals surface area contributed by atoms with E-state index in [2.05, 4.69) is 35.2 Å². The molecule has 0 bridgehead atoms. The van der Waals surface area contributed by atoms with Gasteiger partial charge in [0.2, 0.25) is 0 Å². The Bertz CT molecular complexity index is 350. The van der Waals surface area contributed by atoms with Gasteiger partial charge in [0.05, 0.1) is 6.10 Å². The zero-order valence-corrected chi connectivity index (χ0v) is 10.6. The summed E-state index contributed by atoms with van der Waals surface area (Å²) >= 11 is 0.